The minimum atomic E-state index is -0.793. The van der Waals surface area contributed by atoms with Crippen LogP contribution in [0, 0.1) is 28.9 Å². The van der Waals surface area contributed by atoms with E-state index in [1.807, 2.05) is 11.0 Å². The van der Waals surface area contributed by atoms with Gasteiger partial charge in [0, 0.05) is 36.0 Å². The Labute approximate surface area is 283 Å². The monoisotopic (exact) mass is 696 g/mol. The maximum Gasteiger partial charge on any atom is 0.319 e. The maximum atomic E-state index is 16.9. The third-order valence-electron chi connectivity index (χ3n) is 9.77. The molecule has 0 radical (unpaired) electrons. The molecule has 2 aromatic carbocycles. The standard InChI is InChI=1S/C34H32ClF3N6O3S/c1-2-46-32(45)19-6-10-43(11-7-19)31-21-12-23(35)26(20-4-5-24(37)29-25(20)22(15-39)30(40)48-29)27(38)28(21)41-33(42-31)47-17-34-8-3-9-44(34)16-18(13-34)14-36/h4-5,12,14,19H,2-3,6-11,13,16-17,40H2,1H3/b18-14-/t34-/m0/s1. The Bertz CT molecular complexity index is 2030. The molecular formula is C34H32ClF3N6O3S. The first kappa shape index (κ1) is 32.4. The van der Waals surface area contributed by atoms with Crippen LogP contribution in [0.25, 0.3) is 32.1 Å². The fourth-order valence-corrected chi connectivity index (χ4v) is 8.70. The average molecular weight is 697 g/mol. The summed E-state index contributed by atoms with van der Waals surface area (Å²) in [5.41, 5.74) is 6.45. The van der Waals surface area contributed by atoms with Gasteiger partial charge in [0.05, 0.1) is 39.7 Å². The zero-order valence-electron chi connectivity index (χ0n) is 26.1. The van der Waals surface area contributed by atoms with E-state index in [9.17, 15) is 18.8 Å². The summed E-state index contributed by atoms with van der Waals surface area (Å²) in [6.45, 7) is 4.48. The number of carbonyl (C=O) groups excluding carboxylic acids is 1. The van der Waals surface area contributed by atoms with Gasteiger partial charge < -0.3 is 20.1 Å². The topological polar surface area (TPSA) is 118 Å². The van der Waals surface area contributed by atoms with Crippen LogP contribution in [-0.2, 0) is 9.53 Å². The Morgan fingerprint density at radius 1 is 1.27 bits per heavy atom. The number of thiophene rings is 1. The highest BCUT2D eigenvalue weighted by atomic mass is 35.5. The zero-order valence-corrected chi connectivity index (χ0v) is 27.7. The van der Waals surface area contributed by atoms with Crippen molar-refractivity contribution in [3.05, 3.63) is 52.3 Å². The third-order valence-corrected chi connectivity index (χ3v) is 11.1. The Hall–Kier alpha value is -4.12. The largest absolute Gasteiger partial charge is 0.466 e. The highest BCUT2D eigenvalue weighted by Gasteiger charge is 2.47. The van der Waals surface area contributed by atoms with Crippen LogP contribution in [0.5, 0.6) is 6.01 Å². The van der Waals surface area contributed by atoms with Crippen LogP contribution in [-0.4, -0.2) is 65.8 Å². The second kappa shape index (κ2) is 12.7. The third kappa shape index (κ3) is 5.40. The smallest absolute Gasteiger partial charge is 0.319 e. The lowest BCUT2D eigenvalue weighted by molar-refractivity contribution is -0.148. The molecule has 9 nitrogen and oxygen atoms in total. The number of hydrogen-bond acceptors (Lipinski definition) is 10. The summed E-state index contributed by atoms with van der Waals surface area (Å²) in [6.07, 6.45) is 3.96. The molecule has 14 heteroatoms. The number of aromatic nitrogens is 2. The molecule has 3 aliphatic rings. The minimum Gasteiger partial charge on any atom is -0.466 e. The molecular weight excluding hydrogens is 665 g/mol. The second-order valence-corrected chi connectivity index (χ2v) is 14.0. The Kier molecular flexibility index (Phi) is 8.60. The normalized spacial score (nSPS) is 20.9. The van der Waals surface area contributed by atoms with Gasteiger partial charge in [0.1, 0.15) is 34.8 Å². The summed E-state index contributed by atoms with van der Waals surface area (Å²) in [4.78, 5) is 25.9. The number of anilines is 2. The van der Waals surface area contributed by atoms with Gasteiger partial charge in [0.25, 0.3) is 0 Å². The van der Waals surface area contributed by atoms with Crippen LogP contribution in [0.1, 0.15) is 44.6 Å². The molecule has 0 saturated carbocycles. The molecule has 3 fully saturated rings. The van der Waals surface area contributed by atoms with Crippen molar-refractivity contribution in [2.24, 2.45) is 5.92 Å². The summed E-state index contributed by atoms with van der Waals surface area (Å²) < 4.78 is 56.9. The van der Waals surface area contributed by atoms with Crippen LogP contribution in [0.4, 0.5) is 24.0 Å². The molecule has 7 rings (SSSR count). The van der Waals surface area contributed by atoms with E-state index >= 15 is 4.39 Å². The number of nitrogen functional groups attached to an aromatic ring is 1. The number of benzene rings is 2. The van der Waals surface area contributed by atoms with Gasteiger partial charge in [-0.1, -0.05) is 17.7 Å². The van der Waals surface area contributed by atoms with E-state index < -0.39 is 17.2 Å². The highest BCUT2D eigenvalue weighted by Crippen LogP contribution is 2.46. The van der Waals surface area contributed by atoms with Crippen LogP contribution >= 0.6 is 22.9 Å². The molecule has 3 aliphatic heterocycles. The molecule has 5 heterocycles. The first-order valence-electron chi connectivity index (χ1n) is 15.9. The Morgan fingerprint density at radius 2 is 2.06 bits per heavy atom. The lowest BCUT2D eigenvalue weighted by atomic mass is 9.94. The molecule has 0 unspecified atom stereocenters. The molecule has 3 saturated heterocycles. The van der Waals surface area contributed by atoms with E-state index in [1.54, 1.807) is 13.0 Å². The van der Waals surface area contributed by atoms with E-state index in [1.165, 1.54) is 12.1 Å². The summed E-state index contributed by atoms with van der Waals surface area (Å²) in [6, 6.07) is 6.10. The number of nitrogens with two attached hydrogens (primary N) is 1. The van der Waals surface area contributed by atoms with Crippen LogP contribution in [0.2, 0.25) is 5.02 Å². The number of nitriles is 1. The van der Waals surface area contributed by atoms with E-state index in [0.29, 0.717) is 68.6 Å². The summed E-state index contributed by atoms with van der Waals surface area (Å²) >= 11 is 7.73. The number of esters is 1. The number of nitrogens with zero attached hydrogens (tertiary/aromatic N) is 5. The second-order valence-electron chi connectivity index (χ2n) is 12.5. The van der Waals surface area contributed by atoms with Crippen molar-refractivity contribution in [2.75, 3.05) is 50.0 Å². The summed E-state index contributed by atoms with van der Waals surface area (Å²) in [5, 5.41) is 10.5. The number of rotatable bonds is 7. The molecule has 2 aromatic heterocycles. The van der Waals surface area contributed by atoms with Gasteiger partial charge in [0.15, 0.2) is 5.82 Å². The van der Waals surface area contributed by atoms with Gasteiger partial charge in [-0.15, -0.1) is 11.3 Å². The number of ether oxygens (including phenoxy) is 2. The van der Waals surface area contributed by atoms with E-state index in [4.69, 9.17) is 31.8 Å². The Morgan fingerprint density at radius 3 is 2.79 bits per heavy atom. The lowest BCUT2D eigenvalue weighted by Gasteiger charge is -2.33. The van der Waals surface area contributed by atoms with E-state index in [-0.39, 0.29) is 66.8 Å². The number of halogens is 4. The van der Waals surface area contributed by atoms with Crippen molar-refractivity contribution >= 4 is 60.7 Å². The highest BCUT2D eigenvalue weighted by molar-refractivity contribution is 7.23. The van der Waals surface area contributed by atoms with Crippen LogP contribution < -0.4 is 15.4 Å². The SMILES string of the molecule is CCOC(=O)C1CCN(c2nc(OC[C@@]34CCCN3C/C(=C\F)C4)nc3c(F)c(-c4ccc(F)c5sc(N)c(C#N)c45)c(Cl)cc23)CC1. The van der Waals surface area contributed by atoms with Crippen molar-refractivity contribution < 1.29 is 27.4 Å². The fraction of sp³-hybridized carbons (Fsp3) is 0.412. The first-order valence-corrected chi connectivity index (χ1v) is 17.1. The van der Waals surface area contributed by atoms with E-state index in [0.717, 1.165) is 30.7 Å². The van der Waals surface area contributed by atoms with Crippen LogP contribution in [0.15, 0.2) is 30.1 Å². The number of carbonyl (C=O) groups is 1. The molecule has 1 atom stereocenters. The predicted molar refractivity (Wildman–Crippen MR) is 179 cm³/mol. The Balaban J connectivity index is 1.34. The van der Waals surface area contributed by atoms with Gasteiger partial charge in [-0.2, -0.15) is 15.2 Å². The van der Waals surface area contributed by atoms with Crippen molar-refractivity contribution in [1.29, 1.82) is 5.26 Å². The van der Waals surface area contributed by atoms with Crippen molar-refractivity contribution in [3.8, 4) is 23.2 Å². The van der Waals surface area contributed by atoms with Crippen molar-refractivity contribution in [2.45, 2.75) is 44.6 Å². The molecule has 48 heavy (non-hydrogen) atoms. The molecule has 0 spiro atoms. The molecule has 0 bridgehead atoms. The molecule has 0 amide bonds. The summed E-state index contributed by atoms with van der Waals surface area (Å²) in [7, 11) is 0. The molecule has 0 aliphatic carbocycles. The van der Waals surface area contributed by atoms with Gasteiger partial charge in [0.2, 0.25) is 0 Å². The number of fused-ring (bicyclic) bond motifs is 3. The fourth-order valence-electron chi connectivity index (χ4n) is 7.46. The summed E-state index contributed by atoms with van der Waals surface area (Å²) in [5.74, 6) is -1.50. The predicted octanol–water partition coefficient (Wildman–Crippen LogP) is 7.15. The van der Waals surface area contributed by atoms with Gasteiger partial charge in [-0.05, 0) is 68.8 Å². The quantitative estimate of drug-likeness (QED) is 0.201. The van der Waals surface area contributed by atoms with E-state index in [2.05, 4.69) is 9.88 Å². The first-order chi connectivity index (χ1) is 23.2. The van der Waals surface area contributed by atoms with Crippen molar-refractivity contribution in [3.63, 3.8) is 0 Å². The molecule has 4 aromatic rings. The number of piperidine rings is 1. The van der Waals surface area contributed by atoms with Gasteiger partial charge in [-0.3, -0.25) is 9.69 Å². The minimum absolute atomic E-state index is 0.0125. The van der Waals surface area contributed by atoms with Crippen LogP contribution in [0.3, 0.4) is 0 Å². The lowest BCUT2D eigenvalue weighted by Crippen LogP contribution is -2.43. The average Bonchev–Trinajstić information content (AvgIpc) is 3.75. The maximum absolute atomic E-state index is 16.9. The zero-order chi connectivity index (χ0) is 33.7. The van der Waals surface area contributed by atoms with Gasteiger partial charge >= 0.3 is 12.0 Å². The number of hydrogen-bond donors (Lipinski definition) is 1. The molecule has 250 valence electrons. The van der Waals surface area contributed by atoms with Crippen molar-refractivity contribution in [1.82, 2.24) is 14.9 Å². The molecule has 2 N–H and O–H groups in total. The van der Waals surface area contributed by atoms with Gasteiger partial charge in [-0.25, -0.2) is 13.2 Å².